The number of aromatic nitrogens is 2. The number of aryl methyl sites for hydroxylation is 1. The Bertz CT molecular complexity index is 533. The highest BCUT2D eigenvalue weighted by molar-refractivity contribution is 9.12. The average molecular weight is 364 g/mol. The average Bonchev–Trinajstić information content (AvgIpc) is 2.74. The zero-order valence-electron chi connectivity index (χ0n) is 8.41. The highest BCUT2D eigenvalue weighted by atomic mass is 79.9. The van der Waals surface area contributed by atoms with Crippen molar-refractivity contribution < 1.29 is 4.79 Å². The third-order valence-electron chi connectivity index (χ3n) is 2.19. The van der Waals surface area contributed by atoms with Crippen molar-refractivity contribution in [1.29, 1.82) is 0 Å². The third kappa shape index (κ3) is 2.44. The molecule has 2 aromatic rings. The quantitative estimate of drug-likeness (QED) is 0.780. The van der Waals surface area contributed by atoms with Crippen LogP contribution in [-0.4, -0.2) is 15.3 Å². The smallest absolute Gasteiger partial charge is 0.184 e. The Morgan fingerprint density at radius 2 is 2.31 bits per heavy atom. The van der Waals surface area contributed by atoms with E-state index in [-0.39, 0.29) is 5.78 Å². The molecule has 2 heterocycles. The lowest BCUT2D eigenvalue weighted by molar-refractivity contribution is 0.0971. The minimum atomic E-state index is 0.0786. The summed E-state index contributed by atoms with van der Waals surface area (Å²) in [4.78, 5) is 16.1. The molecule has 0 saturated heterocycles. The largest absolute Gasteiger partial charge is 0.327 e. The molecule has 0 aliphatic rings. The van der Waals surface area contributed by atoms with Crippen molar-refractivity contribution in [3.05, 3.63) is 37.4 Å². The van der Waals surface area contributed by atoms with E-state index in [0.29, 0.717) is 12.1 Å². The van der Waals surface area contributed by atoms with Gasteiger partial charge in [0.15, 0.2) is 5.78 Å². The van der Waals surface area contributed by atoms with Crippen molar-refractivity contribution in [2.75, 3.05) is 0 Å². The maximum absolute atomic E-state index is 12.0. The fourth-order valence-corrected chi connectivity index (χ4v) is 4.20. The van der Waals surface area contributed by atoms with Crippen LogP contribution in [0.5, 0.6) is 0 Å². The van der Waals surface area contributed by atoms with E-state index in [1.807, 2.05) is 23.8 Å². The van der Waals surface area contributed by atoms with Gasteiger partial charge in [-0.05, 0) is 44.8 Å². The van der Waals surface area contributed by atoms with E-state index in [9.17, 15) is 4.79 Å². The standard InChI is InChI=1S/C10H8Br2N2OS/c1-6-13-2-3-14(6)5-8(15)7-4-9(11)16-10(7)12/h2-4H,5H2,1H3. The molecule has 0 bridgehead atoms. The van der Waals surface area contributed by atoms with Gasteiger partial charge in [0.25, 0.3) is 0 Å². The van der Waals surface area contributed by atoms with Crippen LogP contribution in [0.25, 0.3) is 0 Å². The van der Waals surface area contributed by atoms with Crippen molar-refractivity contribution in [3.63, 3.8) is 0 Å². The van der Waals surface area contributed by atoms with Crippen LogP contribution in [0.4, 0.5) is 0 Å². The van der Waals surface area contributed by atoms with E-state index < -0.39 is 0 Å². The SMILES string of the molecule is Cc1nccn1CC(=O)c1cc(Br)sc1Br. The first-order valence-corrected chi connectivity index (χ1v) is 6.94. The summed E-state index contributed by atoms with van der Waals surface area (Å²) in [7, 11) is 0. The van der Waals surface area contributed by atoms with Crippen LogP contribution < -0.4 is 0 Å². The van der Waals surface area contributed by atoms with Gasteiger partial charge in [-0.2, -0.15) is 0 Å². The van der Waals surface area contributed by atoms with E-state index in [2.05, 4.69) is 36.8 Å². The first-order valence-electron chi connectivity index (χ1n) is 4.53. The van der Waals surface area contributed by atoms with Crippen LogP contribution in [0.3, 0.4) is 0 Å². The van der Waals surface area contributed by atoms with Crippen molar-refractivity contribution in [2.24, 2.45) is 0 Å². The second-order valence-electron chi connectivity index (χ2n) is 3.26. The second-order valence-corrected chi connectivity index (χ2v) is 7.01. The number of carbonyl (C=O) groups is 1. The molecule has 0 spiro atoms. The fraction of sp³-hybridized carbons (Fsp3) is 0.200. The maximum atomic E-state index is 12.0. The molecule has 0 radical (unpaired) electrons. The van der Waals surface area contributed by atoms with Crippen LogP contribution in [-0.2, 0) is 6.54 Å². The zero-order chi connectivity index (χ0) is 11.7. The molecule has 0 aliphatic carbocycles. The van der Waals surface area contributed by atoms with Gasteiger partial charge >= 0.3 is 0 Å². The van der Waals surface area contributed by atoms with Crippen LogP contribution in [0, 0.1) is 6.92 Å². The number of imidazole rings is 1. The number of hydrogen-bond acceptors (Lipinski definition) is 3. The summed E-state index contributed by atoms with van der Waals surface area (Å²) in [6.07, 6.45) is 3.50. The summed E-state index contributed by atoms with van der Waals surface area (Å²) in [5.74, 6) is 0.925. The summed E-state index contributed by atoms with van der Waals surface area (Å²) >= 11 is 8.25. The van der Waals surface area contributed by atoms with Gasteiger partial charge in [0, 0.05) is 18.0 Å². The zero-order valence-corrected chi connectivity index (χ0v) is 12.4. The molecule has 0 unspecified atom stereocenters. The van der Waals surface area contributed by atoms with E-state index in [1.54, 1.807) is 6.20 Å². The molecule has 0 saturated carbocycles. The Balaban J connectivity index is 2.21. The first kappa shape index (κ1) is 12.0. The second kappa shape index (κ2) is 4.81. The van der Waals surface area contributed by atoms with Gasteiger partial charge < -0.3 is 4.57 Å². The molecule has 16 heavy (non-hydrogen) atoms. The minimum Gasteiger partial charge on any atom is -0.327 e. The number of ketones is 1. The molecule has 84 valence electrons. The van der Waals surface area contributed by atoms with Gasteiger partial charge in [0.05, 0.1) is 14.1 Å². The molecule has 0 atom stereocenters. The lowest BCUT2D eigenvalue weighted by Crippen LogP contribution is -2.10. The van der Waals surface area contributed by atoms with Gasteiger partial charge in [-0.25, -0.2) is 4.98 Å². The number of carbonyl (C=O) groups excluding carboxylic acids is 1. The maximum Gasteiger partial charge on any atom is 0.184 e. The number of nitrogens with zero attached hydrogens (tertiary/aromatic N) is 2. The lowest BCUT2D eigenvalue weighted by Gasteiger charge is -2.02. The van der Waals surface area contributed by atoms with Crippen LogP contribution in [0.1, 0.15) is 16.2 Å². The van der Waals surface area contributed by atoms with E-state index >= 15 is 0 Å². The summed E-state index contributed by atoms with van der Waals surface area (Å²) in [5, 5.41) is 0. The molecular formula is C10H8Br2N2OS. The number of rotatable bonds is 3. The highest BCUT2D eigenvalue weighted by Crippen LogP contribution is 2.32. The predicted octanol–water partition coefficient (Wildman–Crippen LogP) is 3.66. The molecule has 0 fully saturated rings. The summed E-state index contributed by atoms with van der Waals surface area (Å²) in [6, 6.07) is 1.84. The normalized spacial score (nSPS) is 10.7. The Hall–Kier alpha value is -0.460. The Morgan fingerprint density at radius 1 is 1.56 bits per heavy atom. The molecule has 2 aromatic heterocycles. The van der Waals surface area contributed by atoms with Gasteiger partial charge in [0.1, 0.15) is 5.82 Å². The summed E-state index contributed by atoms with van der Waals surface area (Å²) in [5.41, 5.74) is 0.713. The van der Waals surface area contributed by atoms with E-state index in [0.717, 1.165) is 13.4 Å². The summed E-state index contributed by atoms with van der Waals surface area (Å²) < 4.78 is 3.65. The Morgan fingerprint density at radius 3 is 2.81 bits per heavy atom. The predicted molar refractivity (Wildman–Crippen MR) is 71.0 cm³/mol. The molecule has 0 N–H and O–H groups in total. The first-order chi connectivity index (χ1) is 7.58. The number of thiophene rings is 1. The van der Waals surface area contributed by atoms with E-state index in [4.69, 9.17) is 0 Å². The van der Waals surface area contributed by atoms with Gasteiger partial charge in [-0.15, -0.1) is 11.3 Å². The molecule has 0 aromatic carbocycles. The molecule has 0 amide bonds. The van der Waals surface area contributed by atoms with Gasteiger partial charge in [0.2, 0.25) is 0 Å². The highest BCUT2D eigenvalue weighted by Gasteiger charge is 2.14. The van der Waals surface area contributed by atoms with E-state index in [1.165, 1.54) is 11.3 Å². The third-order valence-corrected chi connectivity index (χ3v) is 4.53. The molecule has 0 aliphatic heterocycles. The monoisotopic (exact) mass is 362 g/mol. The molecular weight excluding hydrogens is 356 g/mol. The topological polar surface area (TPSA) is 34.9 Å². The van der Waals surface area contributed by atoms with Crippen molar-refractivity contribution in [1.82, 2.24) is 9.55 Å². The molecule has 3 nitrogen and oxygen atoms in total. The lowest BCUT2D eigenvalue weighted by atomic mass is 10.2. The van der Waals surface area contributed by atoms with Crippen molar-refractivity contribution in [2.45, 2.75) is 13.5 Å². The van der Waals surface area contributed by atoms with Crippen LogP contribution >= 0.6 is 43.2 Å². The fourth-order valence-electron chi connectivity index (χ4n) is 1.34. The van der Waals surface area contributed by atoms with Gasteiger partial charge in [-0.1, -0.05) is 0 Å². The molecule has 6 heteroatoms. The number of hydrogen-bond donors (Lipinski definition) is 0. The number of Topliss-reactive ketones (excluding diaryl/α,β-unsaturated/α-hetero) is 1. The van der Waals surface area contributed by atoms with Crippen molar-refractivity contribution in [3.8, 4) is 0 Å². The number of halogens is 2. The Kier molecular flexibility index (Phi) is 3.61. The van der Waals surface area contributed by atoms with Crippen LogP contribution in [0.2, 0.25) is 0 Å². The van der Waals surface area contributed by atoms with Gasteiger partial charge in [-0.3, -0.25) is 4.79 Å². The minimum absolute atomic E-state index is 0.0786. The van der Waals surface area contributed by atoms with Crippen LogP contribution in [0.15, 0.2) is 26.0 Å². The Labute approximate surface area is 114 Å². The van der Waals surface area contributed by atoms with Crippen molar-refractivity contribution >= 4 is 49.0 Å². The molecule has 2 rings (SSSR count). The summed E-state index contributed by atoms with van der Waals surface area (Å²) in [6.45, 7) is 2.21.